The van der Waals surface area contributed by atoms with Gasteiger partial charge in [0.1, 0.15) is 12.4 Å². The van der Waals surface area contributed by atoms with Crippen molar-refractivity contribution in [3.05, 3.63) is 78.1 Å². The lowest BCUT2D eigenvalue weighted by Gasteiger charge is -2.21. The fraction of sp³-hybridized carbons (Fsp3) is 0.385. The van der Waals surface area contributed by atoms with E-state index in [9.17, 15) is 4.79 Å². The molecule has 0 radical (unpaired) electrons. The Morgan fingerprint density at radius 3 is 2.30 bits per heavy atom. The highest BCUT2D eigenvalue weighted by molar-refractivity contribution is 5.77. The molecule has 0 N–H and O–H groups in total. The summed E-state index contributed by atoms with van der Waals surface area (Å²) >= 11 is 0. The Labute approximate surface area is 195 Å². The molecule has 7 heteroatoms. The predicted octanol–water partition coefficient (Wildman–Crippen LogP) is 3.56. The first kappa shape index (κ1) is 21.5. The van der Waals surface area contributed by atoms with Crippen LogP contribution >= 0.6 is 0 Å². The number of hydrogen-bond acceptors (Lipinski definition) is 5. The van der Waals surface area contributed by atoms with E-state index in [-0.39, 0.29) is 6.03 Å². The summed E-state index contributed by atoms with van der Waals surface area (Å²) in [4.78, 5) is 19.3. The summed E-state index contributed by atoms with van der Waals surface area (Å²) in [5.41, 5.74) is 3.40. The zero-order chi connectivity index (χ0) is 22.8. The number of hydrogen-bond donors (Lipinski definition) is 0. The van der Waals surface area contributed by atoms with Crippen molar-refractivity contribution in [2.24, 2.45) is 11.8 Å². The first-order chi connectivity index (χ1) is 16.0. The van der Waals surface area contributed by atoms with E-state index in [2.05, 4.69) is 46.4 Å². The van der Waals surface area contributed by atoms with E-state index in [1.165, 1.54) is 15.8 Å². The molecule has 2 aliphatic heterocycles. The third kappa shape index (κ3) is 4.88. The highest BCUT2D eigenvalue weighted by atomic mass is 16.5. The van der Waals surface area contributed by atoms with Crippen LogP contribution in [-0.4, -0.2) is 65.9 Å². The third-order valence-electron chi connectivity index (χ3n) is 6.69. The molecule has 0 bridgehead atoms. The van der Waals surface area contributed by atoms with Gasteiger partial charge in [-0.25, -0.2) is 4.79 Å². The molecule has 0 aliphatic carbocycles. The van der Waals surface area contributed by atoms with Crippen molar-refractivity contribution in [2.75, 3.05) is 45.2 Å². The quantitative estimate of drug-likeness (QED) is 0.581. The number of anilines is 1. The van der Waals surface area contributed by atoms with Gasteiger partial charge in [-0.15, -0.1) is 0 Å². The van der Waals surface area contributed by atoms with Crippen LogP contribution in [0, 0.1) is 11.8 Å². The molecular weight excluding hydrogens is 414 g/mol. The maximum atomic E-state index is 12.8. The Bertz CT molecular complexity index is 1070. The normalized spacial score (nSPS) is 20.1. The molecule has 2 unspecified atom stereocenters. The molecule has 1 amide bonds. The Hall–Kier alpha value is -3.32. The second-order valence-corrected chi connectivity index (χ2v) is 9.36. The monoisotopic (exact) mass is 445 g/mol. The van der Waals surface area contributed by atoms with Gasteiger partial charge >= 0.3 is 6.03 Å². The van der Waals surface area contributed by atoms with Crippen LogP contribution in [0.1, 0.15) is 11.1 Å². The van der Waals surface area contributed by atoms with Gasteiger partial charge in [0.05, 0.1) is 18.1 Å². The SMILES string of the molecule is CN(C)c1cnn(C(=O)N2CC3CN(Cc4ccc(OCc5ccccc5)cc4)CC3C2)c1. The van der Waals surface area contributed by atoms with E-state index >= 15 is 0 Å². The summed E-state index contributed by atoms with van der Waals surface area (Å²) < 4.78 is 7.37. The van der Waals surface area contributed by atoms with Gasteiger partial charge in [0.25, 0.3) is 0 Å². The smallest absolute Gasteiger partial charge is 0.344 e. The molecule has 7 nitrogen and oxygen atoms in total. The summed E-state index contributed by atoms with van der Waals surface area (Å²) in [6.45, 7) is 5.20. The van der Waals surface area contributed by atoms with Gasteiger partial charge in [0.2, 0.25) is 0 Å². The molecule has 3 aromatic rings. The largest absolute Gasteiger partial charge is 0.489 e. The maximum Gasteiger partial charge on any atom is 0.344 e. The van der Waals surface area contributed by atoms with Gasteiger partial charge in [-0.05, 0) is 35.1 Å². The summed E-state index contributed by atoms with van der Waals surface area (Å²) in [6.07, 6.45) is 3.53. The first-order valence-corrected chi connectivity index (χ1v) is 11.5. The van der Waals surface area contributed by atoms with E-state index in [1.54, 1.807) is 12.4 Å². The van der Waals surface area contributed by atoms with Gasteiger partial charge in [-0.2, -0.15) is 9.78 Å². The van der Waals surface area contributed by atoms with E-state index in [4.69, 9.17) is 4.74 Å². The molecule has 172 valence electrons. The lowest BCUT2D eigenvalue weighted by molar-refractivity contribution is 0.197. The average molecular weight is 446 g/mol. The molecule has 5 rings (SSSR count). The Balaban J connectivity index is 1.10. The summed E-state index contributed by atoms with van der Waals surface area (Å²) in [5, 5.41) is 4.25. The molecule has 2 fully saturated rings. The number of carbonyl (C=O) groups excluding carboxylic acids is 1. The molecule has 0 saturated carbocycles. The molecular formula is C26H31N5O2. The number of aromatic nitrogens is 2. The average Bonchev–Trinajstić information content (AvgIpc) is 3.54. The topological polar surface area (TPSA) is 53.8 Å². The van der Waals surface area contributed by atoms with E-state index < -0.39 is 0 Å². The molecule has 2 aliphatic rings. The van der Waals surface area contributed by atoms with Crippen LogP contribution in [0.4, 0.5) is 10.5 Å². The van der Waals surface area contributed by atoms with Crippen molar-refractivity contribution in [3.63, 3.8) is 0 Å². The molecule has 0 spiro atoms. The van der Waals surface area contributed by atoms with Crippen molar-refractivity contribution in [3.8, 4) is 5.75 Å². The van der Waals surface area contributed by atoms with E-state index in [1.807, 2.05) is 42.1 Å². The van der Waals surface area contributed by atoms with Crippen LogP contribution < -0.4 is 9.64 Å². The highest BCUT2D eigenvalue weighted by Gasteiger charge is 2.41. The number of nitrogens with zero attached hydrogens (tertiary/aromatic N) is 5. The maximum absolute atomic E-state index is 12.8. The van der Waals surface area contributed by atoms with E-state index in [0.29, 0.717) is 18.4 Å². The standard InChI is InChI=1S/C26H31N5O2/c1-28(2)24-12-27-31(18-24)26(32)30-16-22-14-29(15-23(22)17-30)13-20-8-10-25(11-9-20)33-19-21-6-4-3-5-7-21/h3-12,18,22-23H,13-17,19H2,1-2H3. The van der Waals surface area contributed by atoms with Gasteiger partial charge in [0, 0.05) is 46.8 Å². The van der Waals surface area contributed by atoms with Crippen LogP contribution in [0.15, 0.2) is 67.0 Å². The molecule has 2 aromatic carbocycles. The van der Waals surface area contributed by atoms with Crippen molar-refractivity contribution in [1.29, 1.82) is 0 Å². The fourth-order valence-corrected chi connectivity index (χ4v) is 4.86. The number of fused-ring (bicyclic) bond motifs is 1. The van der Waals surface area contributed by atoms with Crippen LogP contribution in [0.5, 0.6) is 5.75 Å². The Kier molecular flexibility index (Phi) is 6.05. The minimum Gasteiger partial charge on any atom is -0.489 e. The van der Waals surface area contributed by atoms with Crippen LogP contribution in [0.2, 0.25) is 0 Å². The zero-order valence-electron chi connectivity index (χ0n) is 19.3. The minimum atomic E-state index is -0.0184. The van der Waals surface area contributed by atoms with Crippen LogP contribution in [0.3, 0.4) is 0 Å². The second kappa shape index (κ2) is 9.27. The minimum absolute atomic E-state index is 0.0184. The number of benzene rings is 2. The van der Waals surface area contributed by atoms with Gasteiger partial charge < -0.3 is 14.5 Å². The summed E-state index contributed by atoms with van der Waals surface area (Å²) in [7, 11) is 3.90. The molecule has 2 saturated heterocycles. The Morgan fingerprint density at radius 1 is 0.970 bits per heavy atom. The lowest BCUT2D eigenvalue weighted by atomic mass is 10.0. The van der Waals surface area contributed by atoms with Crippen molar-refractivity contribution < 1.29 is 9.53 Å². The number of rotatable bonds is 6. The highest BCUT2D eigenvalue weighted by Crippen LogP contribution is 2.32. The van der Waals surface area contributed by atoms with Crippen LogP contribution in [-0.2, 0) is 13.2 Å². The predicted molar refractivity (Wildman–Crippen MR) is 128 cm³/mol. The lowest BCUT2D eigenvalue weighted by Crippen LogP contribution is -2.36. The third-order valence-corrected chi connectivity index (χ3v) is 6.69. The number of amides is 1. The number of carbonyl (C=O) groups is 1. The van der Waals surface area contributed by atoms with Crippen LogP contribution in [0.25, 0.3) is 0 Å². The van der Waals surface area contributed by atoms with Gasteiger partial charge in [0.15, 0.2) is 0 Å². The molecule has 33 heavy (non-hydrogen) atoms. The van der Waals surface area contributed by atoms with Crippen molar-refractivity contribution in [1.82, 2.24) is 19.6 Å². The van der Waals surface area contributed by atoms with Gasteiger partial charge in [-0.3, -0.25) is 4.90 Å². The molecule has 1 aromatic heterocycles. The molecule has 2 atom stereocenters. The fourth-order valence-electron chi connectivity index (χ4n) is 4.86. The molecule has 3 heterocycles. The van der Waals surface area contributed by atoms with Crippen molar-refractivity contribution >= 4 is 11.7 Å². The number of likely N-dealkylation sites (tertiary alicyclic amines) is 2. The first-order valence-electron chi connectivity index (χ1n) is 11.5. The summed E-state index contributed by atoms with van der Waals surface area (Å²) in [6, 6.07) is 18.6. The van der Waals surface area contributed by atoms with Crippen molar-refractivity contribution in [2.45, 2.75) is 13.2 Å². The summed E-state index contributed by atoms with van der Waals surface area (Å²) in [5.74, 6) is 1.96. The van der Waals surface area contributed by atoms with E-state index in [0.717, 1.165) is 44.2 Å². The number of ether oxygens (including phenoxy) is 1. The van der Waals surface area contributed by atoms with Gasteiger partial charge in [-0.1, -0.05) is 42.5 Å². The zero-order valence-corrected chi connectivity index (χ0v) is 19.3. The second-order valence-electron chi connectivity index (χ2n) is 9.36. The Morgan fingerprint density at radius 2 is 1.67 bits per heavy atom.